The second-order valence-corrected chi connectivity index (χ2v) is 5.20. The third-order valence-electron chi connectivity index (χ3n) is 4.46. The number of hydrogen-bond donors (Lipinski definition) is 0. The fraction of sp³-hybridized carbons (Fsp3) is 0.533. The van der Waals surface area contributed by atoms with Gasteiger partial charge in [-0.15, -0.1) is 0 Å². The molecule has 1 spiro atoms. The Hall–Kier alpha value is -1.31. The summed E-state index contributed by atoms with van der Waals surface area (Å²) >= 11 is 0. The Kier molecular flexibility index (Phi) is 2.46. The maximum absolute atomic E-state index is 12.3. The molecule has 17 heavy (non-hydrogen) atoms. The van der Waals surface area contributed by atoms with Crippen molar-refractivity contribution in [3.05, 3.63) is 29.3 Å². The molecule has 2 aliphatic rings. The van der Waals surface area contributed by atoms with Gasteiger partial charge in [0, 0.05) is 6.42 Å². The zero-order valence-electron chi connectivity index (χ0n) is 10.3. The highest BCUT2D eigenvalue weighted by Gasteiger charge is 2.45. The van der Waals surface area contributed by atoms with E-state index in [4.69, 9.17) is 4.74 Å². The van der Waals surface area contributed by atoms with Crippen molar-refractivity contribution >= 4 is 5.78 Å². The lowest BCUT2D eigenvalue weighted by atomic mass is 9.68. The number of ether oxygens (including phenoxy) is 1. The van der Waals surface area contributed by atoms with Gasteiger partial charge in [0.05, 0.1) is 12.5 Å². The van der Waals surface area contributed by atoms with Crippen molar-refractivity contribution in [3.8, 4) is 5.75 Å². The Labute approximate surface area is 102 Å². The zero-order valence-corrected chi connectivity index (χ0v) is 10.3. The van der Waals surface area contributed by atoms with Crippen molar-refractivity contribution in [1.29, 1.82) is 0 Å². The topological polar surface area (TPSA) is 26.3 Å². The van der Waals surface area contributed by atoms with E-state index < -0.39 is 0 Å². The Balaban J connectivity index is 2.18. The number of Topliss-reactive ketones (excluding diaryl/α,β-unsaturated/α-hetero) is 1. The first-order valence-corrected chi connectivity index (χ1v) is 6.47. The lowest BCUT2D eigenvalue weighted by Gasteiger charge is -2.35. The minimum Gasteiger partial charge on any atom is -0.496 e. The highest BCUT2D eigenvalue weighted by molar-refractivity contribution is 5.93. The molecule has 0 heterocycles. The minimum atomic E-state index is -0.165. The molecule has 1 aromatic rings. The number of rotatable bonds is 1. The van der Waals surface area contributed by atoms with E-state index in [2.05, 4.69) is 6.07 Å². The number of hydrogen-bond acceptors (Lipinski definition) is 2. The first kappa shape index (κ1) is 10.8. The maximum Gasteiger partial charge on any atom is 0.143 e. The highest BCUT2D eigenvalue weighted by atomic mass is 16.5. The molecule has 2 heteroatoms. The van der Waals surface area contributed by atoms with Gasteiger partial charge in [-0.25, -0.2) is 0 Å². The Bertz CT molecular complexity index is 456. The number of carbonyl (C=O) groups excluding carboxylic acids is 1. The van der Waals surface area contributed by atoms with Crippen LogP contribution in [0.1, 0.15) is 43.2 Å². The molecule has 0 bridgehead atoms. The van der Waals surface area contributed by atoms with E-state index in [1.165, 1.54) is 24.0 Å². The molecule has 0 aliphatic heterocycles. The lowest BCUT2D eigenvalue weighted by molar-refractivity contribution is -0.125. The van der Waals surface area contributed by atoms with Crippen LogP contribution < -0.4 is 4.74 Å². The van der Waals surface area contributed by atoms with Crippen molar-refractivity contribution in [2.45, 2.75) is 43.9 Å². The molecule has 2 aliphatic carbocycles. The minimum absolute atomic E-state index is 0.165. The SMILES string of the molecule is COc1cccc2c1CCC(=O)C21CCCC1. The van der Waals surface area contributed by atoms with Crippen LogP contribution in [0.25, 0.3) is 0 Å². The van der Waals surface area contributed by atoms with Gasteiger partial charge < -0.3 is 4.74 Å². The van der Waals surface area contributed by atoms with E-state index in [-0.39, 0.29) is 5.41 Å². The third-order valence-corrected chi connectivity index (χ3v) is 4.46. The van der Waals surface area contributed by atoms with Crippen LogP contribution in [-0.2, 0) is 16.6 Å². The second-order valence-electron chi connectivity index (χ2n) is 5.20. The summed E-state index contributed by atoms with van der Waals surface area (Å²) in [6, 6.07) is 6.17. The fourth-order valence-corrected chi connectivity index (χ4v) is 3.62. The summed E-state index contributed by atoms with van der Waals surface area (Å²) in [6.07, 6.45) is 5.97. The standard InChI is InChI=1S/C15H18O2/c1-17-13-6-4-5-12-11(13)7-8-14(16)15(12)9-2-3-10-15/h4-6H,2-3,7-10H2,1H3. The van der Waals surface area contributed by atoms with Gasteiger partial charge in [0.1, 0.15) is 11.5 Å². The van der Waals surface area contributed by atoms with Gasteiger partial charge in [-0.05, 0) is 36.5 Å². The van der Waals surface area contributed by atoms with E-state index in [1.807, 2.05) is 12.1 Å². The van der Waals surface area contributed by atoms with E-state index in [9.17, 15) is 4.79 Å². The number of methoxy groups -OCH3 is 1. The first-order valence-electron chi connectivity index (χ1n) is 6.47. The summed E-state index contributed by atoms with van der Waals surface area (Å²) in [5, 5.41) is 0. The molecule has 0 saturated heterocycles. The van der Waals surface area contributed by atoms with Gasteiger partial charge in [-0.3, -0.25) is 4.79 Å². The van der Waals surface area contributed by atoms with Crippen molar-refractivity contribution in [1.82, 2.24) is 0 Å². The van der Waals surface area contributed by atoms with E-state index in [0.717, 1.165) is 25.0 Å². The Morgan fingerprint density at radius 3 is 2.65 bits per heavy atom. The molecule has 1 fully saturated rings. The fourth-order valence-electron chi connectivity index (χ4n) is 3.62. The second kappa shape index (κ2) is 3.86. The smallest absolute Gasteiger partial charge is 0.143 e. The molecule has 0 radical (unpaired) electrons. The largest absolute Gasteiger partial charge is 0.496 e. The summed E-state index contributed by atoms with van der Waals surface area (Å²) in [5.41, 5.74) is 2.37. The molecule has 1 aromatic carbocycles. The average molecular weight is 230 g/mol. The van der Waals surface area contributed by atoms with Gasteiger partial charge in [0.15, 0.2) is 0 Å². The van der Waals surface area contributed by atoms with E-state index in [1.54, 1.807) is 7.11 Å². The summed E-state index contributed by atoms with van der Waals surface area (Å²) in [7, 11) is 1.72. The van der Waals surface area contributed by atoms with Gasteiger partial charge in [-0.2, -0.15) is 0 Å². The predicted molar refractivity (Wildman–Crippen MR) is 66.5 cm³/mol. The van der Waals surface area contributed by atoms with Crippen molar-refractivity contribution < 1.29 is 9.53 Å². The molecule has 0 atom stereocenters. The molecule has 90 valence electrons. The van der Waals surface area contributed by atoms with Crippen molar-refractivity contribution in [2.24, 2.45) is 0 Å². The van der Waals surface area contributed by atoms with Crippen molar-refractivity contribution in [3.63, 3.8) is 0 Å². The first-order chi connectivity index (χ1) is 8.28. The van der Waals surface area contributed by atoms with Crippen LogP contribution in [0, 0.1) is 0 Å². The van der Waals surface area contributed by atoms with Crippen LogP contribution in [0.4, 0.5) is 0 Å². The van der Waals surface area contributed by atoms with Crippen LogP contribution in [0.5, 0.6) is 5.75 Å². The third kappa shape index (κ3) is 1.43. The van der Waals surface area contributed by atoms with Gasteiger partial charge in [0.25, 0.3) is 0 Å². The number of carbonyl (C=O) groups is 1. The summed E-state index contributed by atoms with van der Waals surface area (Å²) in [5.74, 6) is 1.41. The molecule has 3 rings (SSSR count). The normalized spacial score (nSPS) is 21.6. The highest BCUT2D eigenvalue weighted by Crippen LogP contribution is 2.48. The molecule has 1 saturated carbocycles. The van der Waals surface area contributed by atoms with Crippen molar-refractivity contribution in [2.75, 3.05) is 7.11 Å². The molecular formula is C15H18O2. The molecule has 0 amide bonds. The Morgan fingerprint density at radius 1 is 1.18 bits per heavy atom. The predicted octanol–water partition coefficient (Wildman–Crippen LogP) is 3.02. The molecule has 0 unspecified atom stereocenters. The molecule has 0 N–H and O–H groups in total. The summed E-state index contributed by atoms with van der Waals surface area (Å²) < 4.78 is 5.44. The summed E-state index contributed by atoms with van der Waals surface area (Å²) in [4.78, 5) is 12.3. The Morgan fingerprint density at radius 2 is 1.94 bits per heavy atom. The van der Waals surface area contributed by atoms with E-state index in [0.29, 0.717) is 12.2 Å². The monoisotopic (exact) mass is 230 g/mol. The quantitative estimate of drug-likeness (QED) is 0.741. The van der Waals surface area contributed by atoms with Crippen LogP contribution in [-0.4, -0.2) is 12.9 Å². The average Bonchev–Trinajstić information content (AvgIpc) is 2.84. The molecule has 0 aromatic heterocycles. The van der Waals surface area contributed by atoms with E-state index >= 15 is 0 Å². The van der Waals surface area contributed by atoms with Crippen LogP contribution >= 0.6 is 0 Å². The van der Waals surface area contributed by atoms with Gasteiger partial charge in [0.2, 0.25) is 0 Å². The number of benzene rings is 1. The van der Waals surface area contributed by atoms with Gasteiger partial charge in [-0.1, -0.05) is 25.0 Å². The lowest BCUT2D eigenvalue weighted by Crippen LogP contribution is -2.37. The van der Waals surface area contributed by atoms with Gasteiger partial charge >= 0.3 is 0 Å². The van der Waals surface area contributed by atoms with Crippen LogP contribution in [0.3, 0.4) is 0 Å². The zero-order chi connectivity index (χ0) is 11.9. The van der Waals surface area contributed by atoms with Crippen LogP contribution in [0.2, 0.25) is 0 Å². The maximum atomic E-state index is 12.3. The number of ketones is 1. The van der Waals surface area contributed by atoms with Crippen LogP contribution in [0.15, 0.2) is 18.2 Å². The molecular weight excluding hydrogens is 212 g/mol. The summed E-state index contributed by atoms with van der Waals surface area (Å²) in [6.45, 7) is 0. The number of fused-ring (bicyclic) bond motifs is 2. The molecule has 2 nitrogen and oxygen atoms in total.